The normalized spacial score (nSPS) is 12.8. The fourth-order valence-corrected chi connectivity index (χ4v) is 1.20. The van der Waals surface area contributed by atoms with E-state index in [2.05, 4.69) is 0 Å². The van der Waals surface area contributed by atoms with Gasteiger partial charge in [0.05, 0.1) is 6.10 Å². The monoisotopic (exact) mass is 180 g/mol. The minimum absolute atomic E-state index is 0.330. The zero-order chi connectivity index (χ0) is 9.84. The second-order valence-corrected chi connectivity index (χ2v) is 3.22. The maximum atomic E-state index is 9.43. The number of nitrogen functional groups attached to an aromatic ring is 2. The van der Waals surface area contributed by atoms with Gasteiger partial charge in [-0.2, -0.15) is 0 Å². The van der Waals surface area contributed by atoms with Crippen LogP contribution in [0, 0.1) is 0 Å². The largest absolute Gasteiger partial charge is 0.399 e. The summed E-state index contributed by atoms with van der Waals surface area (Å²) in [4.78, 5) is 0. The number of nitrogens with two attached hydrogens (primary N) is 2. The van der Waals surface area contributed by atoms with Crippen molar-refractivity contribution in [3.63, 3.8) is 0 Å². The Morgan fingerprint density at radius 3 is 2.69 bits per heavy atom. The van der Waals surface area contributed by atoms with Crippen LogP contribution in [0.2, 0.25) is 0 Å². The molecule has 0 saturated carbocycles. The quantitative estimate of drug-likeness (QED) is 0.611. The lowest BCUT2D eigenvalue weighted by atomic mass is 10.0. The van der Waals surface area contributed by atoms with Crippen LogP contribution in [0.4, 0.5) is 11.4 Å². The van der Waals surface area contributed by atoms with Gasteiger partial charge in [0.2, 0.25) is 0 Å². The molecule has 0 heterocycles. The number of hydrogen-bond acceptors (Lipinski definition) is 3. The summed E-state index contributed by atoms with van der Waals surface area (Å²) >= 11 is 0. The molecule has 1 aromatic carbocycles. The van der Waals surface area contributed by atoms with Crippen molar-refractivity contribution >= 4 is 11.4 Å². The number of hydrogen-bond donors (Lipinski definition) is 3. The van der Waals surface area contributed by atoms with Crippen LogP contribution < -0.4 is 11.5 Å². The summed E-state index contributed by atoms with van der Waals surface area (Å²) in [7, 11) is 0. The average Bonchev–Trinajstić information content (AvgIpc) is 2.11. The van der Waals surface area contributed by atoms with Crippen LogP contribution in [-0.2, 0) is 6.42 Å². The van der Waals surface area contributed by atoms with Crippen LogP contribution in [0.15, 0.2) is 18.2 Å². The van der Waals surface area contributed by atoms with Crippen molar-refractivity contribution in [2.45, 2.75) is 25.9 Å². The number of aliphatic hydroxyl groups is 1. The molecule has 0 radical (unpaired) electrons. The third-order valence-corrected chi connectivity index (χ3v) is 2.09. The lowest BCUT2D eigenvalue weighted by Gasteiger charge is -2.10. The van der Waals surface area contributed by atoms with Crippen molar-refractivity contribution in [2.24, 2.45) is 0 Å². The Morgan fingerprint density at radius 1 is 1.38 bits per heavy atom. The molecule has 1 atom stereocenters. The average molecular weight is 180 g/mol. The number of aliphatic hydroxyl groups excluding tert-OH is 1. The molecule has 0 fully saturated rings. The highest BCUT2D eigenvalue weighted by molar-refractivity contribution is 5.55. The lowest BCUT2D eigenvalue weighted by molar-refractivity contribution is 0.171. The maximum Gasteiger partial charge on any atom is 0.0578 e. The third kappa shape index (κ3) is 2.63. The van der Waals surface area contributed by atoms with Gasteiger partial charge in [0.25, 0.3) is 0 Å². The van der Waals surface area contributed by atoms with Gasteiger partial charge >= 0.3 is 0 Å². The lowest BCUT2D eigenvalue weighted by Crippen LogP contribution is -2.10. The first-order valence-corrected chi connectivity index (χ1v) is 4.45. The molecule has 1 rings (SSSR count). The van der Waals surface area contributed by atoms with Crippen molar-refractivity contribution in [2.75, 3.05) is 11.5 Å². The second kappa shape index (κ2) is 4.14. The van der Waals surface area contributed by atoms with E-state index in [4.69, 9.17) is 11.5 Å². The molecule has 0 bridgehead atoms. The molecule has 0 saturated heterocycles. The summed E-state index contributed by atoms with van der Waals surface area (Å²) in [6, 6.07) is 5.35. The molecule has 1 unspecified atom stereocenters. The molecule has 0 aromatic heterocycles. The summed E-state index contributed by atoms with van der Waals surface area (Å²) in [5, 5.41) is 9.43. The number of rotatable bonds is 3. The summed E-state index contributed by atoms with van der Waals surface area (Å²) in [6.45, 7) is 1.94. The Bertz CT molecular complexity index is 286. The molecule has 13 heavy (non-hydrogen) atoms. The van der Waals surface area contributed by atoms with E-state index in [9.17, 15) is 5.11 Å². The van der Waals surface area contributed by atoms with E-state index in [0.717, 1.165) is 12.0 Å². The van der Waals surface area contributed by atoms with E-state index in [1.807, 2.05) is 13.0 Å². The minimum atomic E-state index is -0.330. The van der Waals surface area contributed by atoms with E-state index in [1.165, 1.54) is 0 Å². The van der Waals surface area contributed by atoms with Crippen LogP contribution in [0.3, 0.4) is 0 Å². The zero-order valence-electron chi connectivity index (χ0n) is 7.83. The zero-order valence-corrected chi connectivity index (χ0v) is 7.83. The Kier molecular flexibility index (Phi) is 3.14. The Hall–Kier alpha value is -1.22. The highest BCUT2D eigenvalue weighted by Crippen LogP contribution is 2.17. The highest BCUT2D eigenvalue weighted by atomic mass is 16.3. The SMILES string of the molecule is CCC(O)Cc1cc(N)ccc1N. The Labute approximate surface area is 78.4 Å². The first-order valence-electron chi connectivity index (χ1n) is 4.45. The van der Waals surface area contributed by atoms with E-state index >= 15 is 0 Å². The van der Waals surface area contributed by atoms with Crippen molar-refractivity contribution in [1.29, 1.82) is 0 Å². The summed E-state index contributed by atoms with van der Waals surface area (Å²) in [6.07, 6.45) is 0.978. The molecular formula is C10H16N2O. The van der Waals surface area contributed by atoms with Crippen molar-refractivity contribution in [1.82, 2.24) is 0 Å². The fourth-order valence-electron chi connectivity index (χ4n) is 1.20. The molecule has 0 aliphatic carbocycles. The molecule has 0 aliphatic heterocycles. The molecule has 1 aromatic rings. The number of anilines is 2. The molecule has 0 spiro atoms. The molecule has 0 aliphatic rings. The van der Waals surface area contributed by atoms with Gasteiger partial charge in [-0.05, 0) is 30.2 Å². The summed E-state index contributed by atoms with van der Waals surface area (Å²) in [5.41, 5.74) is 13.6. The van der Waals surface area contributed by atoms with Gasteiger partial charge in [-0.15, -0.1) is 0 Å². The standard InChI is InChI=1S/C10H16N2O/c1-2-9(13)6-7-5-8(11)3-4-10(7)12/h3-5,9,13H,2,6,11-12H2,1H3. The Morgan fingerprint density at radius 2 is 2.08 bits per heavy atom. The topological polar surface area (TPSA) is 72.3 Å². The predicted molar refractivity (Wildman–Crippen MR) is 55.3 cm³/mol. The van der Waals surface area contributed by atoms with Gasteiger partial charge in [0.15, 0.2) is 0 Å². The molecule has 5 N–H and O–H groups in total. The van der Waals surface area contributed by atoms with E-state index in [0.29, 0.717) is 17.8 Å². The second-order valence-electron chi connectivity index (χ2n) is 3.22. The first kappa shape index (κ1) is 9.86. The van der Waals surface area contributed by atoms with Crippen molar-refractivity contribution < 1.29 is 5.11 Å². The van der Waals surface area contributed by atoms with Gasteiger partial charge < -0.3 is 16.6 Å². The van der Waals surface area contributed by atoms with Gasteiger partial charge in [-0.1, -0.05) is 6.92 Å². The smallest absolute Gasteiger partial charge is 0.0578 e. The van der Waals surface area contributed by atoms with Gasteiger partial charge in [0, 0.05) is 17.8 Å². The van der Waals surface area contributed by atoms with E-state index in [-0.39, 0.29) is 6.10 Å². The van der Waals surface area contributed by atoms with E-state index < -0.39 is 0 Å². The van der Waals surface area contributed by atoms with Crippen molar-refractivity contribution in [3.8, 4) is 0 Å². The molecular weight excluding hydrogens is 164 g/mol. The van der Waals surface area contributed by atoms with E-state index in [1.54, 1.807) is 12.1 Å². The number of benzene rings is 1. The summed E-state index contributed by atoms with van der Waals surface area (Å²) in [5.74, 6) is 0. The first-order chi connectivity index (χ1) is 6.13. The molecule has 3 nitrogen and oxygen atoms in total. The van der Waals surface area contributed by atoms with Crippen LogP contribution in [0.5, 0.6) is 0 Å². The van der Waals surface area contributed by atoms with Crippen molar-refractivity contribution in [3.05, 3.63) is 23.8 Å². The Balaban J connectivity index is 2.81. The van der Waals surface area contributed by atoms with Gasteiger partial charge in [0.1, 0.15) is 0 Å². The van der Waals surface area contributed by atoms with Crippen LogP contribution in [0.1, 0.15) is 18.9 Å². The van der Waals surface area contributed by atoms with Crippen LogP contribution in [0.25, 0.3) is 0 Å². The predicted octanol–water partition coefficient (Wildman–Crippen LogP) is 1.16. The van der Waals surface area contributed by atoms with Gasteiger partial charge in [-0.25, -0.2) is 0 Å². The molecule has 72 valence electrons. The fraction of sp³-hybridized carbons (Fsp3) is 0.400. The van der Waals surface area contributed by atoms with Crippen LogP contribution in [-0.4, -0.2) is 11.2 Å². The maximum absolute atomic E-state index is 9.43. The minimum Gasteiger partial charge on any atom is -0.399 e. The van der Waals surface area contributed by atoms with Gasteiger partial charge in [-0.3, -0.25) is 0 Å². The van der Waals surface area contributed by atoms with Crippen LogP contribution >= 0.6 is 0 Å². The summed E-state index contributed by atoms with van der Waals surface area (Å²) < 4.78 is 0. The molecule has 3 heteroatoms. The highest BCUT2D eigenvalue weighted by Gasteiger charge is 2.05. The third-order valence-electron chi connectivity index (χ3n) is 2.09. The molecule has 0 amide bonds.